The van der Waals surface area contributed by atoms with Crippen LogP contribution in [0, 0.1) is 18.3 Å². The summed E-state index contributed by atoms with van der Waals surface area (Å²) < 4.78 is 5.51. The van der Waals surface area contributed by atoms with Crippen molar-refractivity contribution in [1.82, 2.24) is 49.0 Å². The Balaban J connectivity index is 1.11. The number of hydrogen-bond donors (Lipinski definition) is 1. The number of anilines is 2. The topological polar surface area (TPSA) is 129 Å². The Morgan fingerprint density at radius 1 is 1.13 bits per heavy atom. The predicted molar refractivity (Wildman–Crippen MR) is 139 cm³/mol. The van der Waals surface area contributed by atoms with E-state index in [4.69, 9.17) is 4.98 Å². The maximum absolute atomic E-state index is 12.7. The van der Waals surface area contributed by atoms with Gasteiger partial charge in [-0.3, -0.25) is 14.2 Å². The molecule has 0 aliphatic carbocycles. The van der Waals surface area contributed by atoms with E-state index < -0.39 is 0 Å². The summed E-state index contributed by atoms with van der Waals surface area (Å²) in [5.74, 6) is 1.37. The quantitative estimate of drug-likeness (QED) is 0.486. The van der Waals surface area contributed by atoms with E-state index in [1.165, 1.54) is 0 Å². The van der Waals surface area contributed by atoms with Gasteiger partial charge in [-0.1, -0.05) is 6.08 Å². The van der Waals surface area contributed by atoms with Gasteiger partial charge in [0.1, 0.15) is 12.1 Å². The Morgan fingerprint density at radius 3 is 2.68 bits per heavy atom. The van der Waals surface area contributed by atoms with Crippen molar-refractivity contribution in [3.8, 4) is 6.07 Å². The number of aromatic nitrogens is 7. The summed E-state index contributed by atoms with van der Waals surface area (Å²) in [5, 5.41) is 26.2. The fourth-order valence-electron chi connectivity index (χ4n) is 5.36. The van der Waals surface area contributed by atoms with Crippen molar-refractivity contribution in [3.05, 3.63) is 42.3 Å². The van der Waals surface area contributed by atoms with Crippen molar-refractivity contribution in [2.45, 2.75) is 38.4 Å². The van der Waals surface area contributed by atoms with E-state index in [-0.39, 0.29) is 18.0 Å². The van der Waals surface area contributed by atoms with Crippen molar-refractivity contribution in [2.75, 3.05) is 51.6 Å². The van der Waals surface area contributed by atoms with E-state index in [0.717, 1.165) is 61.9 Å². The molecule has 0 unspecified atom stereocenters. The second kappa shape index (κ2) is 9.60. The van der Waals surface area contributed by atoms with Crippen molar-refractivity contribution in [2.24, 2.45) is 0 Å². The van der Waals surface area contributed by atoms with Gasteiger partial charge in [-0.2, -0.15) is 20.4 Å². The highest BCUT2D eigenvalue weighted by Crippen LogP contribution is 2.38. The molecule has 0 aromatic carbocycles. The number of nitrogens with zero attached hydrogens (tertiary/aromatic N) is 11. The molecule has 3 aromatic rings. The first-order chi connectivity index (χ1) is 18.4. The first kappa shape index (κ1) is 24.2. The lowest BCUT2D eigenvalue weighted by Gasteiger charge is -2.51. The van der Waals surface area contributed by atoms with Gasteiger partial charge in [-0.05, 0) is 26.0 Å². The first-order valence-electron chi connectivity index (χ1n) is 13.0. The van der Waals surface area contributed by atoms with E-state index in [1.807, 2.05) is 39.8 Å². The maximum Gasteiger partial charge on any atom is 0.247 e. The zero-order valence-electron chi connectivity index (χ0n) is 21.8. The minimum absolute atomic E-state index is 0.0744. The Labute approximate surface area is 220 Å². The van der Waals surface area contributed by atoms with Gasteiger partial charge in [-0.15, -0.1) is 5.10 Å². The van der Waals surface area contributed by atoms with E-state index >= 15 is 0 Å². The highest BCUT2D eigenvalue weighted by molar-refractivity contribution is 5.76. The smallest absolute Gasteiger partial charge is 0.247 e. The zero-order chi connectivity index (χ0) is 26.3. The average molecular weight is 517 g/mol. The molecular weight excluding hydrogens is 484 g/mol. The van der Waals surface area contributed by atoms with Crippen molar-refractivity contribution in [1.29, 1.82) is 5.26 Å². The molecule has 2 saturated heterocycles. The van der Waals surface area contributed by atoms with Crippen LogP contribution in [0.4, 0.5) is 11.6 Å². The molecule has 0 atom stereocenters. The number of rotatable bonds is 7. The lowest BCUT2D eigenvalue weighted by molar-refractivity contribution is -0.133. The second-order valence-electron chi connectivity index (χ2n) is 10.5. The third-order valence-electron chi connectivity index (χ3n) is 7.54. The normalized spacial score (nSPS) is 18.9. The molecule has 0 spiro atoms. The number of hydrogen-bond acceptors (Lipinski definition) is 9. The number of fused-ring (bicyclic) bond motifs is 1. The van der Waals surface area contributed by atoms with Crippen molar-refractivity contribution in [3.63, 3.8) is 0 Å². The number of likely N-dealkylation sites (tertiary alicyclic amines) is 1. The monoisotopic (exact) mass is 516 g/mol. The van der Waals surface area contributed by atoms with Crippen molar-refractivity contribution < 1.29 is 4.79 Å². The Morgan fingerprint density at radius 2 is 1.95 bits per heavy atom. The van der Waals surface area contributed by atoms with Gasteiger partial charge in [0, 0.05) is 58.2 Å². The number of carbonyl (C=O) groups is 1. The van der Waals surface area contributed by atoms with Crippen LogP contribution in [0.5, 0.6) is 0 Å². The number of allylic oxidation sites excluding steroid dienone is 1. The van der Waals surface area contributed by atoms with Crippen LogP contribution >= 0.6 is 0 Å². The van der Waals surface area contributed by atoms with E-state index in [1.54, 1.807) is 10.9 Å². The standard InChI is InChI=1S/C25H32N12O/c1-19-12-28-37(14-19)25(5-6-26)17-34(18-25)21-4-3-7-36-23(21)30-24(31-36)29-20-13-27-35(15-20)16-22(38)33-10-8-32(2)9-11-33/h4,12-15H,3,5,7-11,16-18H2,1-2H3,(H,29,31). The molecule has 0 bridgehead atoms. The zero-order valence-corrected chi connectivity index (χ0v) is 21.8. The van der Waals surface area contributed by atoms with E-state index in [0.29, 0.717) is 25.5 Å². The fourth-order valence-corrected chi connectivity index (χ4v) is 5.36. The van der Waals surface area contributed by atoms with E-state index in [2.05, 4.69) is 49.6 Å². The van der Waals surface area contributed by atoms with Gasteiger partial charge < -0.3 is 20.0 Å². The summed E-state index contributed by atoms with van der Waals surface area (Å²) in [6.45, 7) is 7.64. The largest absolute Gasteiger partial charge is 0.364 e. The maximum atomic E-state index is 12.7. The molecule has 3 aliphatic rings. The van der Waals surface area contributed by atoms with Crippen molar-refractivity contribution >= 4 is 23.2 Å². The SMILES string of the molecule is Cc1cnn(C2(CC#N)CN(C3=CCCn4nc(Nc5cnn(CC(=O)N6CCN(C)CC6)c5)nc43)C2)c1. The number of nitriles is 1. The number of piperazine rings is 1. The van der Waals surface area contributed by atoms with Gasteiger partial charge in [-0.25, -0.2) is 4.68 Å². The summed E-state index contributed by atoms with van der Waals surface area (Å²) in [6.07, 6.45) is 10.8. The van der Waals surface area contributed by atoms with Gasteiger partial charge in [0.05, 0.1) is 36.3 Å². The summed E-state index contributed by atoms with van der Waals surface area (Å²) in [6, 6.07) is 2.34. The molecular formula is C25H32N12O. The second-order valence-corrected chi connectivity index (χ2v) is 10.5. The molecule has 13 heteroatoms. The van der Waals surface area contributed by atoms with Crippen LogP contribution in [0.3, 0.4) is 0 Å². The molecule has 0 saturated carbocycles. The highest BCUT2D eigenvalue weighted by Gasteiger charge is 2.47. The van der Waals surface area contributed by atoms with E-state index in [9.17, 15) is 10.1 Å². The molecule has 13 nitrogen and oxygen atoms in total. The number of amides is 1. The van der Waals surface area contributed by atoms with Crippen LogP contribution in [-0.2, 0) is 23.4 Å². The summed E-state index contributed by atoms with van der Waals surface area (Å²) >= 11 is 0. The first-order valence-corrected chi connectivity index (χ1v) is 13.0. The number of nitrogens with one attached hydrogen (secondary N) is 1. The summed E-state index contributed by atoms with van der Waals surface area (Å²) in [4.78, 5) is 23.8. The van der Waals surface area contributed by atoms with Crippen LogP contribution in [0.2, 0.25) is 0 Å². The minimum atomic E-state index is -0.330. The van der Waals surface area contributed by atoms with Crippen LogP contribution in [-0.4, -0.2) is 101 Å². The summed E-state index contributed by atoms with van der Waals surface area (Å²) in [7, 11) is 2.07. The van der Waals surface area contributed by atoms with Gasteiger partial charge >= 0.3 is 0 Å². The molecule has 198 valence electrons. The minimum Gasteiger partial charge on any atom is -0.364 e. The molecule has 0 radical (unpaired) electrons. The Bertz CT molecular complexity index is 1390. The third kappa shape index (κ3) is 4.51. The molecule has 1 N–H and O–H groups in total. The molecule has 1 amide bonds. The molecule has 6 heterocycles. The van der Waals surface area contributed by atoms with Crippen LogP contribution in [0.25, 0.3) is 5.70 Å². The lowest BCUT2D eigenvalue weighted by atomic mass is 9.86. The highest BCUT2D eigenvalue weighted by atomic mass is 16.2. The lowest BCUT2D eigenvalue weighted by Crippen LogP contribution is -2.62. The number of likely N-dealkylation sites (N-methyl/N-ethyl adjacent to an activating group) is 1. The number of carbonyl (C=O) groups excluding carboxylic acids is 1. The summed E-state index contributed by atoms with van der Waals surface area (Å²) in [5.41, 5.74) is 2.52. The van der Waals surface area contributed by atoms with Gasteiger partial charge in [0.25, 0.3) is 0 Å². The molecule has 6 rings (SSSR count). The molecule has 3 aliphatic heterocycles. The third-order valence-corrected chi connectivity index (χ3v) is 7.54. The van der Waals surface area contributed by atoms with Gasteiger partial charge in [0.15, 0.2) is 5.82 Å². The van der Waals surface area contributed by atoms with Crippen LogP contribution < -0.4 is 5.32 Å². The molecule has 38 heavy (non-hydrogen) atoms. The molecule has 2 fully saturated rings. The molecule has 3 aromatic heterocycles. The Kier molecular flexibility index (Phi) is 6.11. The average Bonchev–Trinajstić information content (AvgIpc) is 3.61. The number of aryl methyl sites for hydroxylation is 2. The van der Waals surface area contributed by atoms with Gasteiger partial charge in [0.2, 0.25) is 11.9 Å². The Hall–Kier alpha value is -4.18. The fraction of sp³-hybridized carbons (Fsp3) is 0.520. The van der Waals surface area contributed by atoms with Crippen LogP contribution in [0.15, 0.2) is 30.9 Å². The van der Waals surface area contributed by atoms with Crippen LogP contribution in [0.1, 0.15) is 24.2 Å². The predicted octanol–water partition coefficient (Wildman–Crippen LogP) is 0.867.